The van der Waals surface area contributed by atoms with Gasteiger partial charge in [0.15, 0.2) is 6.61 Å². The second-order valence-electron chi connectivity index (χ2n) is 4.49. The molecule has 0 aliphatic heterocycles. The van der Waals surface area contributed by atoms with Crippen molar-refractivity contribution in [3.63, 3.8) is 0 Å². The standard InChI is InChI=1S/C14H15NO5/c1-19-13(17)9-2-4-10(5-3-9)14(18)20-8-12(16)15-11-6-7-11/h2-5,11H,6-8H2,1H3,(H,15,16). The summed E-state index contributed by atoms with van der Waals surface area (Å²) in [5.41, 5.74) is 0.618. The minimum atomic E-state index is -0.604. The predicted molar refractivity (Wildman–Crippen MR) is 69.2 cm³/mol. The second kappa shape index (κ2) is 6.18. The van der Waals surface area contributed by atoms with Gasteiger partial charge in [-0.15, -0.1) is 0 Å². The van der Waals surface area contributed by atoms with E-state index in [2.05, 4.69) is 10.1 Å². The Morgan fingerprint density at radius 1 is 1.10 bits per heavy atom. The molecule has 1 aliphatic carbocycles. The molecule has 0 radical (unpaired) electrons. The van der Waals surface area contributed by atoms with Crippen LogP contribution in [0.2, 0.25) is 0 Å². The third-order valence-corrected chi connectivity index (χ3v) is 2.82. The zero-order valence-electron chi connectivity index (χ0n) is 11.0. The molecule has 0 saturated heterocycles. The van der Waals surface area contributed by atoms with Crippen molar-refractivity contribution >= 4 is 17.8 Å². The topological polar surface area (TPSA) is 81.7 Å². The maximum absolute atomic E-state index is 11.7. The summed E-state index contributed by atoms with van der Waals surface area (Å²) in [4.78, 5) is 34.3. The molecule has 1 aromatic rings. The molecule has 0 bridgehead atoms. The molecule has 0 unspecified atom stereocenters. The van der Waals surface area contributed by atoms with E-state index in [-0.39, 0.29) is 24.1 Å². The summed E-state index contributed by atoms with van der Waals surface area (Å²) in [6, 6.07) is 6.07. The van der Waals surface area contributed by atoms with Crippen LogP contribution >= 0.6 is 0 Å². The Morgan fingerprint density at radius 3 is 2.15 bits per heavy atom. The molecule has 0 spiro atoms. The van der Waals surface area contributed by atoms with Crippen LogP contribution in [-0.4, -0.2) is 37.6 Å². The normalized spacial score (nSPS) is 13.4. The molecule has 1 amide bonds. The third-order valence-electron chi connectivity index (χ3n) is 2.82. The summed E-state index contributed by atoms with van der Waals surface area (Å²) in [5.74, 6) is -1.38. The van der Waals surface area contributed by atoms with Crippen LogP contribution in [0, 0.1) is 0 Å². The van der Waals surface area contributed by atoms with Gasteiger partial charge in [0.05, 0.1) is 18.2 Å². The Hall–Kier alpha value is -2.37. The first-order valence-corrected chi connectivity index (χ1v) is 6.25. The molecule has 0 aromatic heterocycles. The molecule has 6 heteroatoms. The van der Waals surface area contributed by atoms with Gasteiger partial charge >= 0.3 is 11.9 Å². The van der Waals surface area contributed by atoms with E-state index in [9.17, 15) is 14.4 Å². The van der Waals surface area contributed by atoms with Crippen LogP contribution in [0.25, 0.3) is 0 Å². The average Bonchev–Trinajstić information content (AvgIpc) is 3.28. The zero-order chi connectivity index (χ0) is 14.5. The number of rotatable bonds is 5. The fourth-order valence-electron chi connectivity index (χ4n) is 1.57. The van der Waals surface area contributed by atoms with E-state index in [0.29, 0.717) is 5.56 Å². The number of amides is 1. The lowest BCUT2D eigenvalue weighted by Crippen LogP contribution is -2.30. The van der Waals surface area contributed by atoms with E-state index in [1.807, 2.05) is 0 Å². The summed E-state index contributed by atoms with van der Waals surface area (Å²) < 4.78 is 9.43. The molecule has 1 N–H and O–H groups in total. The van der Waals surface area contributed by atoms with Crippen molar-refractivity contribution in [3.05, 3.63) is 35.4 Å². The molecule has 1 aliphatic rings. The third kappa shape index (κ3) is 3.81. The van der Waals surface area contributed by atoms with E-state index in [1.165, 1.54) is 31.4 Å². The summed E-state index contributed by atoms with van der Waals surface area (Å²) in [5, 5.41) is 2.71. The highest BCUT2D eigenvalue weighted by molar-refractivity contribution is 5.94. The van der Waals surface area contributed by atoms with E-state index in [1.54, 1.807) is 0 Å². The minimum absolute atomic E-state index is 0.237. The van der Waals surface area contributed by atoms with Gasteiger partial charge in [0.1, 0.15) is 0 Å². The highest BCUT2D eigenvalue weighted by Gasteiger charge is 2.23. The lowest BCUT2D eigenvalue weighted by molar-refractivity contribution is -0.124. The van der Waals surface area contributed by atoms with Gasteiger partial charge in [0, 0.05) is 6.04 Å². The molecule has 1 saturated carbocycles. The second-order valence-corrected chi connectivity index (χ2v) is 4.49. The Kier molecular flexibility index (Phi) is 4.34. The van der Waals surface area contributed by atoms with Gasteiger partial charge in [-0.25, -0.2) is 9.59 Å². The number of nitrogens with one attached hydrogen (secondary N) is 1. The van der Waals surface area contributed by atoms with Crippen LogP contribution in [-0.2, 0) is 14.3 Å². The van der Waals surface area contributed by atoms with Crippen LogP contribution in [0.4, 0.5) is 0 Å². The van der Waals surface area contributed by atoms with Crippen LogP contribution in [0.1, 0.15) is 33.6 Å². The van der Waals surface area contributed by atoms with Crippen molar-refractivity contribution in [2.75, 3.05) is 13.7 Å². The quantitative estimate of drug-likeness (QED) is 0.809. The molecule has 106 valence electrons. The van der Waals surface area contributed by atoms with Gasteiger partial charge in [-0.1, -0.05) is 0 Å². The van der Waals surface area contributed by atoms with Gasteiger partial charge in [-0.3, -0.25) is 4.79 Å². The van der Waals surface area contributed by atoms with Gasteiger partial charge in [0.2, 0.25) is 0 Å². The Labute approximate surface area is 116 Å². The van der Waals surface area contributed by atoms with Gasteiger partial charge < -0.3 is 14.8 Å². The van der Waals surface area contributed by atoms with Crippen LogP contribution < -0.4 is 5.32 Å². The highest BCUT2D eigenvalue weighted by atomic mass is 16.5. The molecule has 0 atom stereocenters. The molecular formula is C14H15NO5. The number of hydrogen-bond donors (Lipinski definition) is 1. The average molecular weight is 277 g/mol. The van der Waals surface area contributed by atoms with Crippen LogP contribution in [0.3, 0.4) is 0 Å². The Morgan fingerprint density at radius 2 is 1.65 bits per heavy atom. The first-order chi connectivity index (χ1) is 9.60. The summed E-state index contributed by atoms with van der Waals surface area (Å²) >= 11 is 0. The van der Waals surface area contributed by atoms with Crippen molar-refractivity contribution in [2.45, 2.75) is 18.9 Å². The molecule has 20 heavy (non-hydrogen) atoms. The predicted octanol–water partition coefficient (Wildman–Crippen LogP) is 0.909. The molecule has 2 rings (SSSR count). The molecular weight excluding hydrogens is 262 g/mol. The van der Waals surface area contributed by atoms with Crippen LogP contribution in [0.15, 0.2) is 24.3 Å². The van der Waals surface area contributed by atoms with E-state index in [4.69, 9.17) is 4.74 Å². The maximum atomic E-state index is 11.7. The van der Waals surface area contributed by atoms with E-state index >= 15 is 0 Å². The number of methoxy groups -OCH3 is 1. The monoisotopic (exact) mass is 277 g/mol. The summed E-state index contributed by atoms with van der Waals surface area (Å²) in [6.07, 6.45) is 1.96. The molecule has 1 fully saturated rings. The van der Waals surface area contributed by atoms with Gasteiger partial charge in [-0.05, 0) is 37.1 Å². The molecule has 1 aromatic carbocycles. The first kappa shape index (κ1) is 14.0. The lowest BCUT2D eigenvalue weighted by atomic mass is 10.1. The van der Waals surface area contributed by atoms with Crippen molar-refractivity contribution in [1.82, 2.24) is 5.32 Å². The first-order valence-electron chi connectivity index (χ1n) is 6.25. The summed E-state index contributed by atoms with van der Waals surface area (Å²) in [7, 11) is 1.28. The Balaban J connectivity index is 1.85. The maximum Gasteiger partial charge on any atom is 0.338 e. The number of esters is 2. The van der Waals surface area contributed by atoms with Crippen molar-refractivity contribution < 1.29 is 23.9 Å². The van der Waals surface area contributed by atoms with Crippen molar-refractivity contribution in [1.29, 1.82) is 0 Å². The number of benzene rings is 1. The smallest absolute Gasteiger partial charge is 0.338 e. The lowest BCUT2D eigenvalue weighted by Gasteiger charge is -2.06. The highest BCUT2D eigenvalue weighted by Crippen LogP contribution is 2.18. The van der Waals surface area contributed by atoms with E-state index < -0.39 is 11.9 Å². The zero-order valence-corrected chi connectivity index (χ0v) is 11.0. The minimum Gasteiger partial charge on any atom is -0.465 e. The van der Waals surface area contributed by atoms with Gasteiger partial charge in [-0.2, -0.15) is 0 Å². The van der Waals surface area contributed by atoms with Gasteiger partial charge in [0.25, 0.3) is 5.91 Å². The number of carbonyl (C=O) groups excluding carboxylic acids is 3. The molecule has 6 nitrogen and oxygen atoms in total. The molecule has 0 heterocycles. The Bertz CT molecular complexity index is 519. The van der Waals surface area contributed by atoms with Crippen molar-refractivity contribution in [3.8, 4) is 0 Å². The van der Waals surface area contributed by atoms with Crippen molar-refractivity contribution in [2.24, 2.45) is 0 Å². The fraction of sp³-hybridized carbons (Fsp3) is 0.357. The fourth-order valence-corrected chi connectivity index (χ4v) is 1.57. The number of ether oxygens (including phenoxy) is 2. The van der Waals surface area contributed by atoms with E-state index in [0.717, 1.165) is 12.8 Å². The number of hydrogen-bond acceptors (Lipinski definition) is 5. The number of carbonyl (C=O) groups is 3. The largest absolute Gasteiger partial charge is 0.465 e. The SMILES string of the molecule is COC(=O)c1ccc(C(=O)OCC(=O)NC2CC2)cc1. The summed E-state index contributed by atoms with van der Waals surface area (Å²) in [6.45, 7) is -0.298. The van der Waals surface area contributed by atoms with Crippen LogP contribution in [0.5, 0.6) is 0 Å².